The Morgan fingerprint density at radius 3 is 2.76 bits per heavy atom. The van der Waals surface area contributed by atoms with Crippen LogP contribution in [0.25, 0.3) is 0 Å². The molecule has 1 amide bonds. The van der Waals surface area contributed by atoms with E-state index in [2.05, 4.69) is 5.32 Å². The zero-order valence-corrected chi connectivity index (χ0v) is 13.6. The third-order valence-corrected chi connectivity index (χ3v) is 5.65. The summed E-state index contributed by atoms with van der Waals surface area (Å²) in [6.07, 6.45) is 2.50. The minimum absolute atomic E-state index is 0.188. The number of hydrogen-bond acceptors (Lipinski definition) is 4. The standard InChI is InChI=1S/C14H20N2O3S2/c1-21(18,19)16-10-5-8-13(16)14(17)15-9-11-20-12-6-3-2-4-7-12/h2-4,6-7,13H,5,8-11H2,1H3,(H,15,17). The van der Waals surface area contributed by atoms with Crippen molar-refractivity contribution >= 4 is 27.7 Å². The van der Waals surface area contributed by atoms with E-state index in [1.54, 1.807) is 11.8 Å². The van der Waals surface area contributed by atoms with Crippen molar-refractivity contribution in [3.05, 3.63) is 30.3 Å². The van der Waals surface area contributed by atoms with E-state index in [9.17, 15) is 13.2 Å². The molecule has 5 nitrogen and oxygen atoms in total. The van der Waals surface area contributed by atoms with Crippen LogP contribution in [0.15, 0.2) is 35.2 Å². The lowest BCUT2D eigenvalue weighted by Crippen LogP contribution is -2.45. The number of sulfonamides is 1. The van der Waals surface area contributed by atoms with Crippen molar-refractivity contribution in [2.24, 2.45) is 0 Å². The van der Waals surface area contributed by atoms with Crippen LogP contribution in [0.3, 0.4) is 0 Å². The van der Waals surface area contributed by atoms with Gasteiger partial charge >= 0.3 is 0 Å². The number of carbonyl (C=O) groups is 1. The monoisotopic (exact) mass is 328 g/mol. The molecular weight excluding hydrogens is 308 g/mol. The van der Waals surface area contributed by atoms with Gasteiger partial charge in [-0.3, -0.25) is 4.79 Å². The van der Waals surface area contributed by atoms with Gasteiger partial charge in [-0.15, -0.1) is 11.8 Å². The first-order valence-electron chi connectivity index (χ1n) is 6.91. The molecule has 1 aromatic carbocycles. The van der Waals surface area contributed by atoms with Gasteiger partial charge < -0.3 is 5.32 Å². The number of thioether (sulfide) groups is 1. The average molecular weight is 328 g/mol. The van der Waals surface area contributed by atoms with Gasteiger partial charge in [-0.05, 0) is 25.0 Å². The van der Waals surface area contributed by atoms with Gasteiger partial charge in [0.05, 0.1) is 6.26 Å². The molecule has 1 N–H and O–H groups in total. The summed E-state index contributed by atoms with van der Waals surface area (Å²) in [7, 11) is -3.30. The highest BCUT2D eigenvalue weighted by Crippen LogP contribution is 2.20. The summed E-state index contributed by atoms with van der Waals surface area (Å²) < 4.78 is 24.5. The molecular formula is C14H20N2O3S2. The molecule has 1 atom stereocenters. The zero-order valence-electron chi connectivity index (χ0n) is 12.0. The largest absolute Gasteiger partial charge is 0.354 e. The van der Waals surface area contributed by atoms with Crippen LogP contribution in [0.4, 0.5) is 0 Å². The molecule has 21 heavy (non-hydrogen) atoms. The molecule has 0 spiro atoms. The molecule has 0 aromatic heterocycles. The van der Waals surface area contributed by atoms with E-state index >= 15 is 0 Å². The fraction of sp³-hybridized carbons (Fsp3) is 0.500. The number of rotatable bonds is 6. The van der Waals surface area contributed by atoms with Crippen molar-refractivity contribution in [1.29, 1.82) is 0 Å². The minimum atomic E-state index is -3.30. The fourth-order valence-electron chi connectivity index (χ4n) is 2.38. The van der Waals surface area contributed by atoms with Crippen molar-refractivity contribution in [2.45, 2.75) is 23.8 Å². The van der Waals surface area contributed by atoms with Crippen molar-refractivity contribution in [2.75, 3.05) is 25.1 Å². The molecule has 1 saturated heterocycles. The summed E-state index contributed by atoms with van der Waals surface area (Å²) in [5.74, 6) is 0.577. The van der Waals surface area contributed by atoms with Gasteiger partial charge in [0, 0.05) is 23.7 Å². The van der Waals surface area contributed by atoms with Crippen LogP contribution in [0.2, 0.25) is 0 Å². The smallest absolute Gasteiger partial charge is 0.238 e. The molecule has 1 aliphatic rings. The Bertz CT molecular complexity index is 575. The average Bonchev–Trinajstić information content (AvgIpc) is 2.94. The van der Waals surface area contributed by atoms with Crippen molar-refractivity contribution in [3.8, 4) is 0 Å². The Morgan fingerprint density at radius 1 is 1.38 bits per heavy atom. The minimum Gasteiger partial charge on any atom is -0.354 e. The molecule has 0 aliphatic carbocycles. The molecule has 1 aliphatic heterocycles. The summed E-state index contributed by atoms with van der Waals surface area (Å²) in [6, 6.07) is 9.42. The van der Waals surface area contributed by atoms with Crippen LogP contribution >= 0.6 is 11.8 Å². The summed E-state index contributed by atoms with van der Waals surface area (Å²) in [5, 5.41) is 2.83. The lowest BCUT2D eigenvalue weighted by atomic mass is 10.2. The zero-order chi connectivity index (χ0) is 15.3. The van der Waals surface area contributed by atoms with Crippen LogP contribution in [0.1, 0.15) is 12.8 Å². The first kappa shape index (κ1) is 16.3. The van der Waals surface area contributed by atoms with Crippen LogP contribution in [-0.2, 0) is 14.8 Å². The molecule has 0 saturated carbocycles. The second kappa shape index (κ2) is 7.29. The number of nitrogens with zero attached hydrogens (tertiary/aromatic N) is 1. The quantitative estimate of drug-likeness (QED) is 0.632. The van der Waals surface area contributed by atoms with Crippen LogP contribution in [0.5, 0.6) is 0 Å². The third kappa shape index (κ3) is 4.72. The van der Waals surface area contributed by atoms with E-state index in [0.29, 0.717) is 19.5 Å². The Kier molecular flexibility index (Phi) is 5.66. The van der Waals surface area contributed by atoms with Gasteiger partial charge in [-0.2, -0.15) is 4.31 Å². The molecule has 2 rings (SSSR count). The van der Waals surface area contributed by atoms with Gasteiger partial charge in [0.25, 0.3) is 0 Å². The van der Waals surface area contributed by atoms with E-state index in [4.69, 9.17) is 0 Å². The molecule has 1 aromatic rings. The molecule has 116 valence electrons. The highest BCUT2D eigenvalue weighted by atomic mass is 32.2. The van der Waals surface area contributed by atoms with Crippen LogP contribution in [0, 0.1) is 0 Å². The van der Waals surface area contributed by atoms with E-state index in [-0.39, 0.29) is 5.91 Å². The molecule has 1 heterocycles. The molecule has 0 bridgehead atoms. The Balaban J connectivity index is 1.77. The number of nitrogens with one attached hydrogen (secondary N) is 1. The number of amides is 1. The second-order valence-corrected chi connectivity index (χ2v) is 8.09. The Morgan fingerprint density at radius 2 is 2.10 bits per heavy atom. The molecule has 0 radical (unpaired) electrons. The first-order chi connectivity index (χ1) is 9.98. The SMILES string of the molecule is CS(=O)(=O)N1CCCC1C(=O)NCCSc1ccccc1. The summed E-state index contributed by atoms with van der Waals surface area (Å²) >= 11 is 1.66. The van der Waals surface area contributed by atoms with E-state index in [1.165, 1.54) is 4.31 Å². The van der Waals surface area contributed by atoms with Crippen molar-refractivity contribution < 1.29 is 13.2 Å². The van der Waals surface area contributed by atoms with E-state index < -0.39 is 16.1 Å². The van der Waals surface area contributed by atoms with Gasteiger partial charge in [0.1, 0.15) is 6.04 Å². The lowest BCUT2D eigenvalue weighted by molar-refractivity contribution is -0.124. The number of carbonyl (C=O) groups excluding carboxylic acids is 1. The maximum atomic E-state index is 12.1. The van der Waals surface area contributed by atoms with Gasteiger partial charge in [0.15, 0.2) is 0 Å². The highest BCUT2D eigenvalue weighted by Gasteiger charge is 2.36. The van der Waals surface area contributed by atoms with Gasteiger partial charge in [-0.25, -0.2) is 8.42 Å². The van der Waals surface area contributed by atoms with E-state index in [1.807, 2.05) is 30.3 Å². The van der Waals surface area contributed by atoms with Crippen molar-refractivity contribution in [1.82, 2.24) is 9.62 Å². The summed E-state index contributed by atoms with van der Waals surface area (Å²) in [5.41, 5.74) is 0. The lowest BCUT2D eigenvalue weighted by Gasteiger charge is -2.21. The van der Waals surface area contributed by atoms with Crippen LogP contribution < -0.4 is 5.32 Å². The molecule has 7 heteroatoms. The predicted molar refractivity (Wildman–Crippen MR) is 84.7 cm³/mol. The highest BCUT2D eigenvalue weighted by molar-refractivity contribution is 7.99. The van der Waals surface area contributed by atoms with E-state index in [0.717, 1.165) is 23.3 Å². The molecule has 1 unspecified atom stereocenters. The van der Waals surface area contributed by atoms with Crippen molar-refractivity contribution in [3.63, 3.8) is 0 Å². The topological polar surface area (TPSA) is 66.5 Å². The maximum Gasteiger partial charge on any atom is 0.238 e. The second-order valence-electron chi connectivity index (χ2n) is 4.98. The van der Waals surface area contributed by atoms with Crippen LogP contribution in [-0.4, -0.2) is 49.8 Å². The number of hydrogen-bond donors (Lipinski definition) is 1. The first-order valence-corrected chi connectivity index (χ1v) is 9.74. The van der Waals surface area contributed by atoms with Gasteiger partial charge in [0.2, 0.25) is 15.9 Å². The number of benzene rings is 1. The Hall–Kier alpha value is -1.05. The third-order valence-electron chi connectivity index (χ3n) is 3.35. The predicted octanol–water partition coefficient (Wildman–Crippen LogP) is 1.32. The molecule has 1 fully saturated rings. The normalized spacial score (nSPS) is 19.6. The van der Waals surface area contributed by atoms with Gasteiger partial charge in [-0.1, -0.05) is 18.2 Å². The summed E-state index contributed by atoms with van der Waals surface area (Å²) in [6.45, 7) is 0.974. The maximum absolute atomic E-state index is 12.1. The summed E-state index contributed by atoms with van der Waals surface area (Å²) in [4.78, 5) is 13.2. The fourth-order valence-corrected chi connectivity index (χ4v) is 4.29. The Labute approximate surface area is 130 Å².